The van der Waals surface area contributed by atoms with Gasteiger partial charge in [-0.1, -0.05) is 18.2 Å². The summed E-state index contributed by atoms with van der Waals surface area (Å²) < 4.78 is 56.0. The normalized spacial score (nSPS) is 15.2. The molecule has 0 saturated heterocycles. The predicted octanol–water partition coefficient (Wildman–Crippen LogP) is 1.27. The Morgan fingerprint density at radius 1 is 1.42 bits per heavy atom. The Morgan fingerprint density at radius 3 is 2.58 bits per heavy atom. The molecule has 0 bridgehead atoms. The molecule has 1 aromatic rings. The minimum Gasteiger partial charge on any atom is -0.359 e. The van der Waals surface area contributed by atoms with Crippen LogP contribution in [0, 0.1) is 5.82 Å². The molecule has 108 valence electrons. The maximum absolute atomic E-state index is 13.7. The first-order valence-corrected chi connectivity index (χ1v) is 6.89. The minimum absolute atomic E-state index is 0.142. The third-order valence-corrected chi connectivity index (χ3v) is 3.04. The molecule has 0 aromatic heterocycles. The van der Waals surface area contributed by atoms with E-state index >= 15 is 0 Å². The zero-order valence-electron chi connectivity index (χ0n) is 10.5. The number of ether oxygens (including phenoxy) is 2. The van der Waals surface area contributed by atoms with E-state index in [1.54, 1.807) is 6.07 Å². The molecular formula is C11H16FNO5S. The lowest BCUT2D eigenvalue weighted by molar-refractivity contribution is -0.0824. The van der Waals surface area contributed by atoms with Crippen LogP contribution in [-0.2, 0) is 19.8 Å². The fourth-order valence-electron chi connectivity index (χ4n) is 1.65. The standard InChI is InChI=1S/C11H16FNO5S/c1-8(13-19(14,15)16)11(18-7-17-2)9-5-3-4-6-10(9)12/h3-6,8,11,13H,7H2,1-2H3,(H,14,15,16)/t8-,11+/m1/s1. The lowest BCUT2D eigenvalue weighted by Gasteiger charge is -2.24. The quantitative estimate of drug-likeness (QED) is 0.584. The molecule has 2 N–H and O–H groups in total. The van der Waals surface area contributed by atoms with Gasteiger partial charge in [0.1, 0.15) is 18.7 Å². The molecule has 6 nitrogen and oxygen atoms in total. The highest BCUT2D eigenvalue weighted by Gasteiger charge is 2.25. The second-order valence-corrected chi connectivity index (χ2v) is 5.08. The highest BCUT2D eigenvalue weighted by molar-refractivity contribution is 7.83. The van der Waals surface area contributed by atoms with Crippen LogP contribution in [0.1, 0.15) is 18.6 Å². The number of halogens is 1. The molecular weight excluding hydrogens is 277 g/mol. The van der Waals surface area contributed by atoms with Gasteiger partial charge in [0.05, 0.1) is 6.04 Å². The van der Waals surface area contributed by atoms with Crippen molar-refractivity contribution < 1.29 is 26.8 Å². The predicted molar refractivity (Wildman–Crippen MR) is 66.2 cm³/mol. The van der Waals surface area contributed by atoms with Crippen molar-refractivity contribution in [1.29, 1.82) is 0 Å². The van der Waals surface area contributed by atoms with Crippen LogP contribution in [0.25, 0.3) is 0 Å². The first kappa shape index (κ1) is 16.0. The van der Waals surface area contributed by atoms with E-state index in [1.165, 1.54) is 32.2 Å². The van der Waals surface area contributed by atoms with Crippen molar-refractivity contribution in [2.75, 3.05) is 13.9 Å². The lowest BCUT2D eigenvalue weighted by atomic mass is 10.0. The maximum Gasteiger partial charge on any atom is 0.333 e. The molecule has 0 amide bonds. The van der Waals surface area contributed by atoms with Crippen molar-refractivity contribution in [2.24, 2.45) is 0 Å². The Labute approximate surface area is 111 Å². The van der Waals surface area contributed by atoms with Crippen LogP contribution in [0.4, 0.5) is 4.39 Å². The summed E-state index contributed by atoms with van der Waals surface area (Å²) in [5, 5.41) is 0. The van der Waals surface area contributed by atoms with Crippen molar-refractivity contribution >= 4 is 10.3 Å². The molecule has 8 heteroatoms. The van der Waals surface area contributed by atoms with Gasteiger partial charge in [0.2, 0.25) is 0 Å². The highest BCUT2D eigenvalue weighted by atomic mass is 32.2. The van der Waals surface area contributed by atoms with Gasteiger partial charge in [0.15, 0.2) is 0 Å². The van der Waals surface area contributed by atoms with Crippen LogP contribution in [-0.4, -0.2) is 32.9 Å². The summed E-state index contributed by atoms with van der Waals surface area (Å²) in [6.07, 6.45) is -0.928. The Bertz CT molecular complexity index is 508. The van der Waals surface area contributed by atoms with Crippen molar-refractivity contribution in [1.82, 2.24) is 4.72 Å². The third kappa shape index (κ3) is 5.21. The molecule has 0 unspecified atom stereocenters. The zero-order valence-corrected chi connectivity index (χ0v) is 11.4. The maximum atomic E-state index is 13.7. The van der Waals surface area contributed by atoms with E-state index in [0.717, 1.165) is 0 Å². The minimum atomic E-state index is -4.41. The van der Waals surface area contributed by atoms with E-state index in [-0.39, 0.29) is 12.4 Å². The summed E-state index contributed by atoms with van der Waals surface area (Å²) in [4.78, 5) is 0. The molecule has 0 aliphatic carbocycles. The van der Waals surface area contributed by atoms with Crippen molar-refractivity contribution in [3.63, 3.8) is 0 Å². The molecule has 0 heterocycles. The Kier molecular flexibility index (Phi) is 5.83. The average Bonchev–Trinajstić information content (AvgIpc) is 2.29. The number of rotatable bonds is 7. The Hall–Kier alpha value is -1.06. The summed E-state index contributed by atoms with van der Waals surface area (Å²) in [5.74, 6) is -0.535. The molecule has 0 aliphatic heterocycles. The Balaban J connectivity index is 2.97. The summed E-state index contributed by atoms with van der Waals surface area (Å²) in [6.45, 7) is 1.30. The molecule has 0 saturated carbocycles. The number of hydrogen-bond donors (Lipinski definition) is 2. The van der Waals surface area contributed by atoms with Crippen molar-refractivity contribution in [2.45, 2.75) is 19.1 Å². The molecule has 19 heavy (non-hydrogen) atoms. The van der Waals surface area contributed by atoms with Gasteiger partial charge in [-0.15, -0.1) is 0 Å². The second-order valence-electron chi connectivity index (χ2n) is 3.90. The zero-order chi connectivity index (χ0) is 14.5. The van der Waals surface area contributed by atoms with Gasteiger partial charge in [-0.05, 0) is 13.0 Å². The lowest BCUT2D eigenvalue weighted by Crippen LogP contribution is -2.38. The smallest absolute Gasteiger partial charge is 0.333 e. The number of nitrogens with one attached hydrogen (secondary N) is 1. The summed E-state index contributed by atoms with van der Waals surface area (Å²) in [6, 6.07) is 4.94. The van der Waals surface area contributed by atoms with Gasteiger partial charge < -0.3 is 9.47 Å². The van der Waals surface area contributed by atoms with E-state index in [1.807, 2.05) is 4.72 Å². The highest BCUT2D eigenvalue weighted by Crippen LogP contribution is 2.24. The van der Waals surface area contributed by atoms with Crippen molar-refractivity contribution in [3.05, 3.63) is 35.6 Å². The SMILES string of the molecule is COCO[C@H](c1ccccc1F)[C@@H](C)NS(=O)(=O)O. The van der Waals surface area contributed by atoms with E-state index in [4.69, 9.17) is 14.0 Å². The topological polar surface area (TPSA) is 84.9 Å². The van der Waals surface area contributed by atoms with Crippen LogP contribution < -0.4 is 4.72 Å². The fourth-order valence-corrected chi connectivity index (χ4v) is 2.24. The number of methoxy groups -OCH3 is 1. The van der Waals surface area contributed by atoms with Gasteiger partial charge >= 0.3 is 10.3 Å². The van der Waals surface area contributed by atoms with E-state index in [0.29, 0.717) is 0 Å². The van der Waals surface area contributed by atoms with Crippen LogP contribution >= 0.6 is 0 Å². The monoisotopic (exact) mass is 293 g/mol. The summed E-state index contributed by atoms with van der Waals surface area (Å²) >= 11 is 0. The third-order valence-electron chi connectivity index (χ3n) is 2.37. The number of benzene rings is 1. The van der Waals surface area contributed by atoms with Gasteiger partial charge in [-0.2, -0.15) is 13.1 Å². The van der Waals surface area contributed by atoms with Crippen LogP contribution in [0.5, 0.6) is 0 Å². The molecule has 0 aliphatic rings. The second kappa shape index (κ2) is 6.92. The molecule has 0 spiro atoms. The van der Waals surface area contributed by atoms with Crippen molar-refractivity contribution in [3.8, 4) is 0 Å². The molecule has 1 rings (SSSR count). The molecule has 1 aromatic carbocycles. The Morgan fingerprint density at radius 2 is 2.05 bits per heavy atom. The van der Waals surface area contributed by atoms with Gasteiger partial charge in [-0.3, -0.25) is 4.55 Å². The largest absolute Gasteiger partial charge is 0.359 e. The first-order valence-electron chi connectivity index (χ1n) is 5.45. The van der Waals surface area contributed by atoms with Gasteiger partial charge in [0.25, 0.3) is 0 Å². The molecule has 2 atom stereocenters. The van der Waals surface area contributed by atoms with E-state index < -0.39 is 28.3 Å². The fraction of sp³-hybridized carbons (Fsp3) is 0.455. The average molecular weight is 293 g/mol. The summed E-state index contributed by atoms with van der Waals surface area (Å²) in [5.41, 5.74) is 0.170. The first-order chi connectivity index (χ1) is 8.85. The molecule has 0 fully saturated rings. The van der Waals surface area contributed by atoms with Crippen LogP contribution in [0.3, 0.4) is 0 Å². The van der Waals surface area contributed by atoms with Gasteiger partial charge in [-0.25, -0.2) is 4.39 Å². The number of hydrogen-bond acceptors (Lipinski definition) is 4. The summed E-state index contributed by atoms with van der Waals surface area (Å²) in [7, 11) is -3.02. The van der Waals surface area contributed by atoms with Crippen LogP contribution in [0.2, 0.25) is 0 Å². The van der Waals surface area contributed by atoms with Crippen LogP contribution in [0.15, 0.2) is 24.3 Å². The van der Waals surface area contributed by atoms with E-state index in [2.05, 4.69) is 0 Å². The van der Waals surface area contributed by atoms with Gasteiger partial charge in [0, 0.05) is 12.7 Å². The van der Waals surface area contributed by atoms with E-state index in [9.17, 15) is 12.8 Å². The molecule has 0 radical (unpaired) electrons.